The molecular formula is C10H18N4. The van der Waals surface area contributed by atoms with Gasteiger partial charge in [-0.25, -0.2) is 4.98 Å². The van der Waals surface area contributed by atoms with Crippen molar-refractivity contribution in [2.24, 2.45) is 0 Å². The minimum atomic E-state index is 0.356. The van der Waals surface area contributed by atoms with Gasteiger partial charge in [0.25, 0.3) is 0 Å². The number of unbranched alkanes of at least 4 members (excludes halogenated alkanes) is 1. The number of anilines is 1. The summed E-state index contributed by atoms with van der Waals surface area (Å²) < 4.78 is 0. The van der Waals surface area contributed by atoms with E-state index >= 15 is 0 Å². The Morgan fingerprint density at radius 3 is 2.14 bits per heavy atom. The molecule has 78 valence electrons. The Hall–Kier alpha value is -1.19. The van der Waals surface area contributed by atoms with E-state index in [1.54, 1.807) is 0 Å². The SMILES string of the molecule is CCCCc1nc(N)nc(CCC)n1. The van der Waals surface area contributed by atoms with Crippen molar-refractivity contribution >= 4 is 5.95 Å². The number of aromatic nitrogens is 3. The van der Waals surface area contributed by atoms with Gasteiger partial charge in [0.05, 0.1) is 0 Å². The van der Waals surface area contributed by atoms with Gasteiger partial charge in [0, 0.05) is 12.8 Å². The molecule has 0 radical (unpaired) electrons. The zero-order chi connectivity index (χ0) is 10.4. The highest BCUT2D eigenvalue weighted by Gasteiger charge is 2.02. The molecule has 2 N–H and O–H groups in total. The van der Waals surface area contributed by atoms with Crippen LogP contribution in [0, 0.1) is 0 Å². The van der Waals surface area contributed by atoms with Crippen molar-refractivity contribution in [2.75, 3.05) is 5.73 Å². The average Bonchev–Trinajstić information content (AvgIpc) is 2.14. The number of hydrogen-bond donors (Lipinski definition) is 1. The first-order chi connectivity index (χ1) is 6.76. The van der Waals surface area contributed by atoms with Gasteiger partial charge in [-0.2, -0.15) is 9.97 Å². The smallest absolute Gasteiger partial charge is 0.223 e. The molecule has 1 heterocycles. The zero-order valence-electron chi connectivity index (χ0n) is 8.95. The first-order valence-corrected chi connectivity index (χ1v) is 5.25. The van der Waals surface area contributed by atoms with E-state index in [1.165, 1.54) is 0 Å². The average molecular weight is 194 g/mol. The zero-order valence-corrected chi connectivity index (χ0v) is 8.95. The van der Waals surface area contributed by atoms with Crippen LogP contribution in [0.2, 0.25) is 0 Å². The summed E-state index contributed by atoms with van der Waals surface area (Å²) in [5.74, 6) is 2.02. The maximum absolute atomic E-state index is 5.60. The van der Waals surface area contributed by atoms with Gasteiger partial charge in [-0.15, -0.1) is 0 Å². The van der Waals surface area contributed by atoms with Crippen LogP contribution in [0.1, 0.15) is 44.8 Å². The number of rotatable bonds is 5. The Labute approximate surface area is 85.0 Å². The van der Waals surface area contributed by atoms with Crippen LogP contribution in [-0.2, 0) is 12.8 Å². The highest BCUT2D eigenvalue weighted by atomic mass is 15.1. The lowest BCUT2D eigenvalue weighted by atomic mass is 10.2. The van der Waals surface area contributed by atoms with Crippen LogP contribution < -0.4 is 5.73 Å². The normalized spacial score (nSPS) is 10.4. The molecule has 0 aliphatic heterocycles. The summed E-state index contributed by atoms with van der Waals surface area (Å²) >= 11 is 0. The summed E-state index contributed by atoms with van der Waals surface area (Å²) in [4.78, 5) is 12.6. The summed E-state index contributed by atoms with van der Waals surface area (Å²) in [7, 11) is 0. The van der Waals surface area contributed by atoms with E-state index in [0.29, 0.717) is 5.95 Å². The van der Waals surface area contributed by atoms with Crippen LogP contribution >= 0.6 is 0 Å². The lowest BCUT2D eigenvalue weighted by Gasteiger charge is -2.02. The number of nitrogen functional groups attached to an aromatic ring is 1. The van der Waals surface area contributed by atoms with Gasteiger partial charge in [0.15, 0.2) is 0 Å². The molecule has 0 saturated heterocycles. The van der Waals surface area contributed by atoms with E-state index in [4.69, 9.17) is 5.73 Å². The van der Waals surface area contributed by atoms with Gasteiger partial charge in [0.1, 0.15) is 11.6 Å². The molecule has 0 fully saturated rings. The molecule has 0 atom stereocenters. The first-order valence-electron chi connectivity index (χ1n) is 5.25. The molecule has 4 heteroatoms. The van der Waals surface area contributed by atoms with Crippen LogP contribution in [-0.4, -0.2) is 15.0 Å². The van der Waals surface area contributed by atoms with Gasteiger partial charge in [-0.1, -0.05) is 20.3 Å². The van der Waals surface area contributed by atoms with Crippen molar-refractivity contribution in [3.05, 3.63) is 11.6 Å². The molecule has 0 aliphatic rings. The van der Waals surface area contributed by atoms with Crippen molar-refractivity contribution < 1.29 is 0 Å². The van der Waals surface area contributed by atoms with Crippen LogP contribution in [0.25, 0.3) is 0 Å². The third-order valence-corrected chi connectivity index (χ3v) is 1.97. The van der Waals surface area contributed by atoms with Crippen molar-refractivity contribution in [2.45, 2.75) is 46.0 Å². The monoisotopic (exact) mass is 194 g/mol. The van der Waals surface area contributed by atoms with Gasteiger partial charge < -0.3 is 5.73 Å². The Balaban J connectivity index is 2.73. The van der Waals surface area contributed by atoms with Crippen molar-refractivity contribution in [3.8, 4) is 0 Å². The molecule has 1 aromatic rings. The fourth-order valence-corrected chi connectivity index (χ4v) is 1.27. The van der Waals surface area contributed by atoms with Crippen LogP contribution in [0.4, 0.5) is 5.95 Å². The summed E-state index contributed by atoms with van der Waals surface area (Å²) in [6, 6.07) is 0. The predicted octanol–water partition coefficient (Wildman–Crippen LogP) is 1.75. The number of nitrogens with two attached hydrogens (primary N) is 1. The lowest BCUT2D eigenvalue weighted by molar-refractivity contribution is 0.722. The second-order valence-electron chi connectivity index (χ2n) is 3.38. The molecule has 1 rings (SSSR count). The second-order valence-corrected chi connectivity index (χ2v) is 3.38. The Morgan fingerprint density at radius 2 is 1.57 bits per heavy atom. The summed E-state index contributed by atoms with van der Waals surface area (Å²) in [6.45, 7) is 4.25. The molecule has 0 unspecified atom stereocenters. The van der Waals surface area contributed by atoms with Gasteiger partial charge in [-0.05, 0) is 12.8 Å². The van der Waals surface area contributed by atoms with E-state index in [1.807, 2.05) is 0 Å². The van der Waals surface area contributed by atoms with Crippen molar-refractivity contribution in [1.82, 2.24) is 15.0 Å². The third-order valence-electron chi connectivity index (χ3n) is 1.97. The van der Waals surface area contributed by atoms with E-state index in [2.05, 4.69) is 28.8 Å². The summed E-state index contributed by atoms with van der Waals surface area (Å²) in [5.41, 5.74) is 5.60. The highest BCUT2D eigenvalue weighted by Crippen LogP contribution is 2.03. The molecule has 0 aliphatic carbocycles. The van der Waals surface area contributed by atoms with Crippen LogP contribution in [0.5, 0.6) is 0 Å². The summed E-state index contributed by atoms with van der Waals surface area (Å²) in [5, 5.41) is 0. The fourth-order valence-electron chi connectivity index (χ4n) is 1.27. The van der Waals surface area contributed by atoms with Crippen LogP contribution in [0.3, 0.4) is 0 Å². The van der Waals surface area contributed by atoms with E-state index < -0.39 is 0 Å². The minimum absolute atomic E-state index is 0.356. The second kappa shape index (κ2) is 5.52. The lowest BCUT2D eigenvalue weighted by Crippen LogP contribution is -2.07. The predicted molar refractivity (Wildman–Crippen MR) is 56.8 cm³/mol. The highest BCUT2D eigenvalue weighted by molar-refractivity contribution is 5.15. The van der Waals surface area contributed by atoms with Crippen molar-refractivity contribution in [3.63, 3.8) is 0 Å². The van der Waals surface area contributed by atoms with Gasteiger partial charge in [0.2, 0.25) is 5.95 Å². The number of nitrogens with zero attached hydrogens (tertiary/aromatic N) is 3. The molecule has 0 aromatic carbocycles. The topological polar surface area (TPSA) is 64.7 Å². The molecular weight excluding hydrogens is 176 g/mol. The number of hydrogen-bond acceptors (Lipinski definition) is 4. The van der Waals surface area contributed by atoms with E-state index in [9.17, 15) is 0 Å². The molecule has 4 nitrogen and oxygen atoms in total. The Bertz CT molecular complexity index is 285. The van der Waals surface area contributed by atoms with Gasteiger partial charge in [-0.3, -0.25) is 0 Å². The number of aryl methyl sites for hydroxylation is 2. The Morgan fingerprint density at radius 1 is 0.929 bits per heavy atom. The van der Waals surface area contributed by atoms with E-state index in [0.717, 1.165) is 43.8 Å². The van der Waals surface area contributed by atoms with E-state index in [-0.39, 0.29) is 0 Å². The molecule has 14 heavy (non-hydrogen) atoms. The Kier molecular flexibility index (Phi) is 4.29. The van der Waals surface area contributed by atoms with Crippen molar-refractivity contribution in [1.29, 1.82) is 0 Å². The largest absolute Gasteiger partial charge is 0.368 e. The minimum Gasteiger partial charge on any atom is -0.368 e. The van der Waals surface area contributed by atoms with Crippen LogP contribution in [0.15, 0.2) is 0 Å². The maximum atomic E-state index is 5.60. The molecule has 0 amide bonds. The molecule has 0 spiro atoms. The molecule has 0 bridgehead atoms. The maximum Gasteiger partial charge on any atom is 0.223 e. The van der Waals surface area contributed by atoms with Gasteiger partial charge >= 0.3 is 0 Å². The fraction of sp³-hybridized carbons (Fsp3) is 0.700. The third kappa shape index (κ3) is 3.28. The standard InChI is InChI=1S/C10H18N4/c1-3-5-7-9-12-8(6-4-2)13-10(11)14-9/h3-7H2,1-2H3,(H2,11,12,13,14). The molecule has 1 aromatic heterocycles. The molecule has 0 saturated carbocycles. The quantitative estimate of drug-likeness (QED) is 0.775. The first kappa shape index (κ1) is 10.9. The summed E-state index contributed by atoms with van der Waals surface area (Å²) in [6.07, 6.45) is 5.08.